The summed E-state index contributed by atoms with van der Waals surface area (Å²) in [6, 6.07) is -0.307. The summed E-state index contributed by atoms with van der Waals surface area (Å²) in [5, 5.41) is 7.43. The number of hydrogen-bond acceptors (Lipinski definition) is 6. The van der Waals surface area contributed by atoms with Crippen LogP contribution in [0.5, 0.6) is 0 Å². The van der Waals surface area contributed by atoms with Gasteiger partial charge in [-0.05, 0) is 19.8 Å². The maximum atomic E-state index is 13.2. The van der Waals surface area contributed by atoms with Crippen LogP contribution in [0.25, 0.3) is 0 Å². The first-order valence-corrected chi connectivity index (χ1v) is 10.6. The average Bonchev–Trinajstić information content (AvgIpc) is 3.18. The number of nitrogens with zero attached hydrogens (tertiary/aromatic N) is 5. The highest BCUT2D eigenvalue weighted by Crippen LogP contribution is 2.34. The summed E-state index contributed by atoms with van der Waals surface area (Å²) >= 11 is 0. The van der Waals surface area contributed by atoms with Crippen LogP contribution in [-0.4, -0.2) is 45.6 Å². The van der Waals surface area contributed by atoms with Gasteiger partial charge in [-0.25, -0.2) is 18.4 Å². The van der Waals surface area contributed by atoms with E-state index in [-0.39, 0.29) is 10.9 Å². The van der Waals surface area contributed by atoms with Crippen LogP contribution in [0.3, 0.4) is 0 Å². The lowest BCUT2D eigenvalue weighted by Crippen LogP contribution is -2.39. The zero-order valence-corrected chi connectivity index (χ0v) is 15.7. The van der Waals surface area contributed by atoms with E-state index < -0.39 is 10.0 Å². The van der Waals surface area contributed by atoms with Crippen LogP contribution in [0, 0.1) is 0 Å². The topological polar surface area (TPSA) is 93.0 Å². The summed E-state index contributed by atoms with van der Waals surface area (Å²) in [7, 11) is -3.61. The first-order chi connectivity index (χ1) is 12.6. The standard InChI is InChI=1S/C17H24N6O2S/c1-2-22-12-14(11-20-22)26(24,25)23-8-4-3-5-16(23)17-19-10-13-9-18-7-6-15(13)21-17/h10-12,16,18H,2-9H2,1H3/t16-/m1/s1. The van der Waals surface area contributed by atoms with E-state index in [1.165, 1.54) is 6.20 Å². The molecule has 2 aliphatic rings. The zero-order valence-electron chi connectivity index (χ0n) is 14.9. The number of aromatic nitrogens is 4. The van der Waals surface area contributed by atoms with Gasteiger partial charge in [0.15, 0.2) is 0 Å². The Bertz CT molecular complexity index is 894. The smallest absolute Gasteiger partial charge is 0.246 e. The molecular weight excluding hydrogens is 352 g/mol. The summed E-state index contributed by atoms with van der Waals surface area (Å²) in [5.41, 5.74) is 2.14. The van der Waals surface area contributed by atoms with Crippen LogP contribution in [0.2, 0.25) is 0 Å². The van der Waals surface area contributed by atoms with Gasteiger partial charge in [-0.3, -0.25) is 4.68 Å². The number of rotatable bonds is 4. The predicted molar refractivity (Wildman–Crippen MR) is 95.8 cm³/mol. The first kappa shape index (κ1) is 17.6. The molecule has 0 unspecified atom stereocenters. The highest BCUT2D eigenvalue weighted by Gasteiger charge is 2.37. The van der Waals surface area contributed by atoms with Crippen molar-refractivity contribution in [1.82, 2.24) is 29.4 Å². The molecule has 26 heavy (non-hydrogen) atoms. The summed E-state index contributed by atoms with van der Waals surface area (Å²) in [6.07, 6.45) is 8.31. The maximum Gasteiger partial charge on any atom is 0.246 e. The quantitative estimate of drug-likeness (QED) is 0.863. The lowest BCUT2D eigenvalue weighted by molar-refractivity contribution is 0.245. The van der Waals surface area contributed by atoms with Crippen LogP contribution in [0.15, 0.2) is 23.5 Å². The molecule has 0 aliphatic carbocycles. The van der Waals surface area contributed by atoms with Gasteiger partial charge in [0.2, 0.25) is 10.0 Å². The molecule has 8 nitrogen and oxygen atoms in total. The van der Waals surface area contributed by atoms with E-state index in [1.807, 2.05) is 13.1 Å². The van der Waals surface area contributed by atoms with E-state index in [4.69, 9.17) is 4.98 Å². The van der Waals surface area contributed by atoms with Gasteiger partial charge in [0.25, 0.3) is 0 Å². The molecule has 2 aromatic rings. The SMILES string of the molecule is CCn1cc(S(=O)(=O)N2CCCC[C@@H]2c2ncc3c(n2)CCNC3)cn1. The van der Waals surface area contributed by atoms with Gasteiger partial charge in [-0.2, -0.15) is 9.40 Å². The van der Waals surface area contributed by atoms with Crippen LogP contribution in [0.4, 0.5) is 0 Å². The first-order valence-electron chi connectivity index (χ1n) is 9.19. The minimum atomic E-state index is -3.61. The Morgan fingerprint density at radius 2 is 2.19 bits per heavy atom. The largest absolute Gasteiger partial charge is 0.312 e. The fourth-order valence-corrected chi connectivity index (χ4v) is 5.26. The number of piperidine rings is 1. The van der Waals surface area contributed by atoms with Crippen molar-refractivity contribution in [3.05, 3.63) is 35.7 Å². The van der Waals surface area contributed by atoms with E-state index >= 15 is 0 Å². The molecule has 140 valence electrons. The Kier molecular flexibility index (Phi) is 4.76. The van der Waals surface area contributed by atoms with Crippen molar-refractivity contribution >= 4 is 10.0 Å². The van der Waals surface area contributed by atoms with Gasteiger partial charge >= 0.3 is 0 Å². The Hall–Kier alpha value is -1.84. The average molecular weight is 376 g/mol. The second kappa shape index (κ2) is 7.05. The minimum absolute atomic E-state index is 0.244. The predicted octanol–water partition coefficient (Wildman–Crippen LogP) is 1.25. The van der Waals surface area contributed by atoms with Crippen molar-refractivity contribution < 1.29 is 8.42 Å². The molecule has 1 atom stereocenters. The number of nitrogens with one attached hydrogen (secondary N) is 1. The van der Waals surface area contributed by atoms with Crippen LogP contribution >= 0.6 is 0 Å². The molecule has 0 radical (unpaired) electrons. The molecule has 0 aromatic carbocycles. The molecule has 0 bridgehead atoms. The zero-order chi connectivity index (χ0) is 18.1. The third-order valence-electron chi connectivity index (χ3n) is 5.12. The summed E-state index contributed by atoms with van der Waals surface area (Å²) < 4.78 is 29.6. The van der Waals surface area contributed by atoms with Crippen molar-refractivity contribution in [2.45, 2.75) is 56.6 Å². The van der Waals surface area contributed by atoms with E-state index in [2.05, 4.69) is 15.4 Å². The third-order valence-corrected chi connectivity index (χ3v) is 6.98. The van der Waals surface area contributed by atoms with Gasteiger partial charge in [-0.1, -0.05) is 6.42 Å². The Morgan fingerprint density at radius 1 is 1.31 bits per heavy atom. The molecule has 2 aromatic heterocycles. The van der Waals surface area contributed by atoms with E-state index in [0.717, 1.165) is 50.0 Å². The lowest BCUT2D eigenvalue weighted by Gasteiger charge is -2.33. The molecule has 2 aliphatic heterocycles. The van der Waals surface area contributed by atoms with Crippen molar-refractivity contribution in [2.24, 2.45) is 0 Å². The third kappa shape index (κ3) is 3.15. The molecule has 1 N–H and O–H groups in total. The molecule has 4 rings (SSSR count). The van der Waals surface area contributed by atoms with E-state index in [9.17, 15) is 8.42 Å². The number of aryl methyl sites for hydroxylation is 1. The van der Waals surface area contributed by atoms with Crippen molar-refractivity contribution in [3.63, 3.8) is 0 Å². The molecule has 1 saturated heterocycles. The summed E-state index contributed by atoms with van der Waals surface area (Å²) in [4.78, 5) is 9.50. The van der Waals surface area contributed by atoms with Gasteiger partial charge in [0.05, 0.1) is 12.2 Å². The highest BCUT2D eigenvalue weighted by atomic mass is 32.2. The molecule has 1 fully saturated rings. The number of sulfonamides is 1. The molecule has 0 spiro atoms. The molecule has 0 amide bonds. The molecule has 9 heteroatoms. The maximum absolute atomic E-state index is 13.2. The van der Waals surface area contributed by atoms with Gasteiger partial charge < -0.3 is 5.32 Å². The van der Waals surface area contributed by atoms with Crippen LogP contribution in [0.1, 0.15) is 49.3 Å². The Morgan fingerprint density at radius 3 is 3.00 bits per heavy atom. The van der Waals surface area contributed by atoms with Gasteiger partial charge in [-0.15, -0.1) is 0 Å². The minimum Gasteiger partial charge on any atom is -0.312 e. The summed E-state index contributed by atoms with van der Waals surface area (Å²) in [6.45, 7) is 4.74. The fourth-order valence-electron chi connectivity index (χ4n) is 3.65. The molecule has 0 saturated carbocycles. The van der Waals surface area contributed by atoms with Crippen LogP contribution in [-0.2, 0) is 29.5 Å². The van der Waals surface area contributed by atoms with Crippen LogP contribution < -0.4 is 5.32 Å². The van der Waals surface area contributed by atoms with E-state index in [0.29, 0.717) is 18.9 Å². The highest BCUT2D eigenvalue weighted by molar-refractivity contribution is 7.89. The van der Waals surface area contributed by atoms with Gasteiger partial charge in [0, 0.05) is 56.3 Å². The summed E-state index contributed by atoms with van der Waals surface area (Å²) in [5.74, 6) is 0.622. The van der Waals surface area contributed by atoms with Crippen molar-refractivity contribution in [3.8, 4) is 0 Å². The lowest BCUT2D eigenvalue weighted by atomic mass is 10.0. The monoisotopic (exact) mass is 376 g/mol. The molecular formula is C17H24N6O2S. The second-order valence-electron chi connectivity index (χ2n) is 6.79. The van der Waals surface area contributed by atoms with Crippen molar-refractivity contribution in [2.75, 3.05) is 13.1 Å². The Labute approximate surface area is 153 Å². The van der Waals surface area contributed by atoms with E-state index in [1.54, 1.807) is 15.2 Å². The fraction of sp³-hybridized carbons (Fsp3) is 0.588. The van der Waals surface area contributed by atoms with Crippen molar-refractivity contribution in [1.29, 1.82) is 0 Å². The number of fused-ring (bicyclic) bond motifs is 1. The van der Waals surface area contributed by atoms with Gasteiger partial charge in [0.1, 0.15) is 10.7 Å². The molecule has 4 heterocycles. The second-order valence-corrected chi connectivity index (χ2v) is 8.68. The Balaban J connectivity index is 1.68. The normalized spacial score (nSPS) is 21.5. The number of hydrogen-bond donors (Lipinski definition) is 1.